The summed E-state index contributed by atoms with van der Waals surface area (Å²) in [6.07, 6.45) is -2.28. The predicted octanol–water partition coefficient (Wildman–Crippen LogP) is 6.20. The maximum Gasteiger partial charge on any atom is 0.416 e. The molecule has 37 heavy (non-hydrogen) atoms. The van der Waals surface area contributed by atoms with Crippen LogP contribution in [0.3, 0.4) is 0 Å². The first-order valence-electron chi connectivity index (χ1n) is 11.2. The highest BCUT2D eigenvalue weighted by Gasteiger charge is 2.35. The minimum atomic E-state index is -4.68. The van der Waals surface area contributed by atoms with E-state index >= 15 is 0 Å². The molecule has 1 heterocycles. The fourth-order valence-electron chi connectivity index (χ4n) is 3.63. The van der Waals surface area contributed by atoms with Gasteiger partial charge in [-0.3, -0.25) is 4.31 Å². The summed E-state index contributed by atoms with van der Waals surface area (Å²) in [6, 6.07) is 9.73. The highest BCUT2D eigenvalue weighted by atomic mass is 32.2. The first-order chi connectivity index (χ1) is 17.2. The average molecular weight is 538 g/mol. The Morgan fingerprint density at radius 1 is 1.11 bits per heavy atom. The zero-order chi connectivity index (χ0) is 27.5. The Kier molecular flexibility index (Phi) is 8.06. The summed E-state index contributed by atoms with van der Waals surface area (Å²) in [6.45, 7) is 6.34. The lowest BCUT2D eigenvalue weighted by molar-refractivity contribution is -0.137. The van der Waals surface area contributed by atoms with E-state index in [1.807, 2.05) is 0 Å². The van der Waals surface area contributed by atoms with E-state index in [1.165, 1.54) is 18.2 Å². The molecule has 0 saturated heterocycles. The number of carboxylic acids is 1. The number of furan rings is 1. The number of aryl methyl sites for hydroxylation is 2. The van der Waals surface area contributed by atoms with Crippen LogP contribution in [0.1, 0.15) is 41.9 Å². The van der Waals surface area contributed by atoms with Gasteiger partial charge in [0, 0.05) is 12.1 Å². The molecule has 0 bridgehead atoms. The molecule has 0 amide bonds. The van der Waals surface area contributed by atoms with E-state index in [1.54, 1.807) is 45.9 Å². The Bertz CT molecular complexity index is 1420. The van der Waals surface area contributed by atoms with E-state index in [-0.39, 0.29) is 23.1 Å². The standard InChI is InChI=1S/C26H26F3NO6S/c1-16(2)30(37(33,34)25-12-5-18(4)36-25)22-10-9-21(26(27,28)29)14-23(22)35-15-20-8-6-19(13-17(20)3)7-11-24(31)32/h5-14,16H,15H2,1-4H3,(H,31,32)/b11-7+. The number of alkyl halides is 3. The number of ether oxygens (including phenoxy) is 1. The van der Waals surface area contributed by atoms with Crippen LogP contribution in [0.5, 0.6) is 5.75 Å². The molecule has 0 aliphatic heterocycles. The van der Waals surface area contributed by atoms with E-state index in [4.69, 9.17) is 14.3 Å². The summed E-state index contributed by atoms with van der Waals surface area (Å²) in [7, 11) is -4.26. The van der Waals surface area contributed by atoms with Gasteiger partial charge in [0.2, 0.25) is 5.09 Å². The van der Waals surface area contributed by atoms with Crippen LogP contribution in [-0.2, 0) is 27.6 Å². The van der Waals surface area contributed by atoms with E-state index in [0.717, 1.165) is 28.6 Å². The highest BCUT2D eigenvalue weighted by Crippen LogP contribution is 2.40. The molecular weight excluding hydrogens is 511 g/mol. The molecule has 0 atom stereocenters. The van der Waals surface area contributed by atoms with Crippen LogP contribution in [0.4, 0.5) is 18.9 Å². The SMILES string of the molecule is Cc1ccc(S(=O)(=O)N(c2ccc(C(F)(F)F)cc2OCc2ccc(/C=C/C(=O)O)cc2C)C(C)C)o1. The highest BCUT2D eigenvalue weighted by molar-refractivity contribution is 7.92. The Balaban J connectivity index is 2.03. The summed E-state index contributed by atoms with van der Waals surface area (Å²) in [5.74, 6) is -1.01. The van der Waals surface area contributed by atoms with Gasteiger partial charge in [-0.15, -0.1) is 0 Å². The molecule has 0 spiro atoms. The van der Waals surface area contributed by atoms with Crippen LogP contribution in [0.25, 0.3) is 6.08 Å². The lowest BCUT2D eigenvalue weighted by Gasteiger charge is -2.29. The number of carboxylic acid groups (broad SMARTS) is 1. The van der Waals surface area contributed by atoms with Gasteiger partial charge in [-0.1, -0.05) is 18.2 Å². The van der Waals surface area contributed by atoms with Crippen molar-refractivity contribution in [3.63, 3.8) is 0 Å². The number of benzene rings is 2. The summed E-state index contributed by atoms with van der Waals surface area (Å²) in [5.41, 5.74) is 0.883. The molecule has 0 saturated carbocycles. The third kappa shape index (κ3) is 6.53. The van der Waals surface area contributed by atoms with Crippen molar-refractivity contribution in [3.8, 4) is 5.75 Å². The van der Waals surface area contributed by atoms with Crippen molar-refractivity contribution < 1.29 is 40.6 Å². The Morgan fingerprint density at radius 2 is 1.81 bits per heavy atom. The molecule has 3 aromatic rings. The number of hydrogen-bond donors (Lipinski definition) is 1. The van der Waals surface area contributed by atoms with Gasteiger partial charge in [-0.05, 0) is 80.8 Å². The fraction of sp³-hybridized carbons (Fsp3) is 0.269. The van der Waals surface area contributed by atoms with Gasteiger partial charge in [-0.25, -0.2) is 4.79 Å². The largest absolute Gasteiger partial charge is 0.487 e. The van der Waals surface area contributed by atoms with Crippen molar-refractivity contribution in [1.29, 1.82) is 0 Å². The number of sulfonamides is 1. The van der Waals surface area contributed by atoms with Crippen LogP contribution in [0.2, 0.25) is 0 Å². The van der Waals surface area contributed by atoms with E-state index < -0.39 is 33.8 Å². The molecule has 0 aliphatic carbocycles. The molecule has 0 fully saturated rings. The molecule has 1 aromatic heterocycles. The first kappa shape index (κ1) is 27.9. The number of nitrogens with zero attached hydrogens (tertiary/aromatic N) is 1. The van der Waals surface area contributed by atoms with Crippen molar-refractivity contribution in [2.75, 3.05) is 4.31 Å². The Labute approximate surface area is 212 Å². The topological polar surface area (TPSA) is 97.0 Å². The van der Waals surface area contributed by atoms with Crippen molar-refractivity contribution in [2.45, 2.75) is 51.6 Å². The van der Waals surface area contributed by atoms with Crippen LogP contribution >= 0.6 is 0 Å². The number of carbonyl (C=O) groups is 1. The van der Waals surface area contributed by atoms with E-state index in [0.29, 0.717) is 22.5 Å². The normalized spacial score (nSPS) is 12.3. The molecule has 0 aliphatic rings. The maximum absolute atomic E-state index is 13.5. The second-order valence-electron chi connectivity index (χ2n) is 8.59. The smallest absolute Gasteiger partial charge is 0.416 e. The molecule has 3 rings (SSSR count). The van der Waals surface area contributed by atoms with Gasteiger partial charge in [0.25, 0.3) is 10.0 Å². The fourth-order valence-corrected chi connectivity index (χ4v) is 5.26. The van der Waals surface area contributed by atoms with Gasteiger partial charge >= 0.3 is 12.1 Å². The molecule has 2 aromatic carbocycles. The minimum absolute atomic E-state index is 0.0734. The zero-order valence-corrected chi connectivity index (χ0v) is 21.4. The van der Waals surface area contributed by atoms with Crippen molar-refractivity contribution in [3.05, 3.63) is 82.6 Å². The summed E-state index contributed by atoms with van der Waals surface area (Å²) < 4.78 is 79.4. The van der Waals surface area contributed by atoms with E-state index in [2.05, 4.69) is 0 Å². The minimum Gasteiger partial charge on any atom is -0.487 e. The van der Waals surface area contributed by atoms with Gasteiger partial charge in [0.05, 0.1) is 11.3 Å². The maximum atomic E-state index is 13.5. The van der Waals surface area contributed by atoms with Crippen LogP contribution in [-0.4, -0.2) is 25.5 Å². The quantitative estimate of drug-likeness (QED) is 0.327. The molecule has 198 valence electrons. The van der Waals surface area contributed by atoms with Crippen LogP contribution in [0.15, 0.2) is 64.1 Å². The van der Waals surface area contributed by atoms with Gasteiger partial charge in [-0.2, -0.15) is 21.6 Å². The first-order valence-corrected chi connectivity index (χ1v) is 12.6. The van der Waals surface area contributed by atoms with Crippen LogP contribution in [0, 0.1) is 13.8 Å². The third-order valence-corrected chi connectivity index (χ3v) is 7.25. The van der Waals surface area contributed by atoms with E-state index in [9.17, 15) is 26.4 Å². The molecule has 7 nitrogen and oxygen atoms in total. The van der Waals surface area contributed by atoms with Gasteiger partial charge in [0.1, 0.15) is 18.1 Å². The number of halogens is 3. The number of rotatable bonds is 9. The summed E-state index contributed by atoms with van der Waals surface area (Å²) >= 11 is 0. The zero-order valence-electron chi connectivity index (χ0n) is 20.5. The van der Waals surface area contributed by atoms with Crippen molar-refractivity contribution >= 4 is 27.8 Å². The predicted molar refractivity (Wildman–Crippen MR) is 132 cm³/mol. The summed E-state index contributed by atoms with van der Waals surface area (Å²) in [4.78, 5) is 10.7. The lowest BCUT2D eigenvalue weighted by atomic mass is 10.1. The lowest BCUT2D eigenvalue weighted by Crippen LogP contribution is -2.37. The Morgan fingerprint density at radius 3 is 2.35 bits per heavy atom. The summed E-state index contributed by atoms with van der Waals surface area (Å²) in [5, 5.41) is 8.45. The van der Waals surface area contributed by atoms with Crippen molar-refractivity contribution in [2.24, 2.45) is 0 Å². The molecule has 0 unspecified atom stereocenters. The monoisotopic (exact) mass is 537 g/mol. The number of anilines is 1. The average Bonchev–Trinajstić information content (AvgIpc) is 3.24. The third-order valence-electron chi connectivity index (χ3n) is 5.39. The number of hydrogen-bond acceptors (Lipinski definition) is 5. The molecule has 11 heteroatoms. The molecule has 0 radical (unpaired) electrons. The van der Waals surface area contributed by atoms with Gasteiger partial charge < -0.3 is 14.3 Å². The van der Waals surface area contributed by atoms with Crippen molar-refractivity contribution in [1.82, 2.24) is 0 Å². The molecule has 1 N–H and O–H groups in total. The number of aliphatic carboxylic acids is 1. The van der Waals surface area contributed by atoms with Crippen LogP contribution < -0.4 is 9.04 Å². The second-order valence-corrected chi connectivity index (χ2v) is 10.3. The Hall–Kier alpha value is -3.73. The van der Waals surface area contributed by atoms with Gasteiger partial charge in [0.15, 0.2) is 0 Å². The second kappa shape index (κ2) is 10.7. The molecular formula is C26H26F3NO6S.